The Balaban J connectivity index is 1.62. The molecule has 1 fully saturated rings. The maximum atomic E-state index is 12.1. The molecule has 0 spiro atoms. The van der Waals surface area contributed by atoms with Crippen LogP contribution < -0.4 is 5.32 Å². The number of imidazole rings is 1. The number of benzene rings is 1. The van der Waals surface area contributed by atoms with Gasteiger partial charge in [0, 0.05) is 6.04 Å². The van der Waals surface area contributed by atoms with Gasteiger partial charge in [-0.3, -0.25) is 4.79 Å². The van der Waals surface area contributed by atoms with Crippen LogP contribution in [0.5, 0.6) is 0 Å². The van der Waals surface area contributed by atoms with Crippen LogP contribution in [0.2, 0.25) is 0 Å². The predicted octanol–water partition coefficient (Wildman–Crippen LogP) is 3.10. The van der Waals surface area contributed by atoms with Gasteiger partial charge < -0.3 is 10.3 Å². The predicted molar refractivity (Wildman–Crippen MR) is 81.8 cm³/mol. The van der Waals surface area contributed by atoms with Gasteiger partial charge in [0.25, 0.3) is 0 Å². The molecule has 0 bridgehead atoms. The Morgan fingerprint density at radius 1 is 1.40 bits per heavy atom. The van der Waals surface area contributed by atoms with Crippen LogP contribution in [0.3, 0.4) is 0 Å². The topological polar surface area (TPSA) is 57.8 Å². The van der Waals surface area contributed by atoms with Gasteiger partial charge in [0.1, 0.15) is 0 Å². The van der Waals surface area contributed by atoms with Crippen molar-refractivity contribution in [3.05, 3.63) is 24.3 Å². The van der Waals surface area contributed by atoms with E-state index in [9.17, 15) is 4.79 Å². The largest absolute Gasteiger partial charge is 0.352 e. The standard InChI is InChI=1S/C15H19N3OS/c1-10(14(19)16-11-6-2-3-7-11)20-15-17-12-8-4-5-9-13(12)18-15/h4-5,8-11H,2-3,6-7H2,1H3,(H,16,19)(H,17,18). The Morgan fingerprint density at radius 3 is 2.90 bits per heavy atom. The molecule has 4 nitrogen and oxygen atoms in total. The molecule has 1 aromatic heterocycles. The van der Waals surface area contributed by atoms with Crippen LogP contribution >= 0.6 is 11.8 Å². The first-order valence-electron chi connectivity index (χ1n) is 7.14. The van der Waals surface area contributed by atoms with Gasteiger partial charge in [-0.2, -0.15) is 0 Å². The zero-order valence-corrected chi connectivity index (χ0v) is 12.4. The molecule has 20 heavy (non-hydrogen) atoms. The third-order valence-electron chi connectivity index (χ3n) is 3.73. The van der Waals surface area contributed by atoms with Gasteiger partial charge in [-0.05, 0) is 31.9 Å². The summed E-state index contributed by atoms with van der Waals surface area (Å²) < 4.78 is 0. The van der Waals surface area contributed by atoms with E-state index in [2.05, 4.69) is 15.3 Å². The van der Waals surface area contributed by atoms with Gasteiger partial charge in [0.15, 0.2) is 5.16 Å². The molecule has 0 radical (unpaired) electrons. The molecule has 1 heterocycles. The molecule has 1 aliphatic rings. The third kappa shape index (κ3) is 2.98. The number of amides is 1. The van der Waals surface area contributed by atoms with E-state index in [1.54, 1.807) is 0 Å². The lowest BCUT2D eigenvalue weighted by atomic mass is 10.2. The average Bonchev–Trinajstić information content (AvgIpc) is 3.06. The van der Waals surface area contributed by atoms with Crippen LogP contribution in [0.1, 0.15) is 32.6 Å². The van der Waals surface area contributed by atoms with Gasteiger partial charge in [0.05, 0.1) is 16.3 Å². The number of hydrogen-bond acceptors (Lipinski definition) is 3. The molecule has 1 atom stereocenters. The van der Waals surface area contributed by atoms with E-state index in [-0.39, 0.29) is 11.2 Å². The number of fused-ring (bicyclic) bond motifs is 1. The minimum Gasteiger partial charge on any atom is -0.352 e. The summed E-state index contributed by atoms with van der Waals surface area (Å²) in [5, 5.41) is 3.81. The zero-order valence-electron chi connectivity index (χ0n) is 11.6. The molecule has 2 aromatic rings. The van der Waals surface area contributed by atoms with Crippen LogP contribution in [-0.2, 0) is 4.79 Å². The van der Waals surface area contributed by atoms with Gasteiger partial charge in [-0.15, -0.1) is 0 Å². The first-order valence-corrected chi connectivity index (χ1v) is 8.02. The van der Waals surface area contributed by atoms with E-state index >= 15 is 0 Å². The quantitative estimate of drug-likeness (QED) is 0.850. The molecule has 2 N–H and O–H groups in total. The number of aromatic amines is 1. The summed E-state index contributed by atoms with van der Waals surface area (Å²) >= 11 is 1.48. The average molecular weight is 289 g/mol. The molecule has 1 unspecified atom stereocenters. The fourth-order valence-electron chi connectivity index (χ4n) is 2.59. The fourth-order valence-corrected chi connectivity index (χ4v) is 3.42. The molecule has 1 aromatic carbocycles. The van der Waals surface area contributed by atoms with Crippen molar-refractivity contribution < 1.29 is 4.79 Å². The summed E-state index contributed by atoms with van der Waals surface area (Å²) in [5.74, 6) is 0.113. The number of rotatable bonds is 4. The third-order valence-corrected chi connectivity index (χ3v) is 4.71. The Kier molecular flexibility index (Phi) is 3.96. The Hall–Kier alpha value is -1.49. The molecular formula is C15H19N3OS. The minimum absolute atomic E-state index is 0.113. The number of nitrogens with one attached hydrogen (secondary N) is 2. The number of para-hydroxylation sites is 2. The molecule has 3 rings (SSSR count). The first kappa shape index (κ1) is 13.5. The minimum atomic E-state index is -0.129. The summed E-state index contributed by atoms with van der Waals surface area (Å²) in [7, 11) is 0. The second-order valence-electron chi connectivity index (χ2n) is 5.31. The summed E-state index contributed by atoms with van der Waals surface area (Å²) in [6.07, 6.45) is 4.70. The maximum absolute atomic E-state index is 12.1. The van der Waals surface area contributed by atoms with Crippen molar-refractivity contribution in [3.8, 4) is 0 Å². The highest BCUT2D eigenvalue weighted by Gasteiger charge is 2.22. The van der Waals surface area contributed by atoms with Crippen LogP contribution in [0.15, 0.2) is 29.4 Å². The van der Waals surface area contributed by atoms with E-state index < -0.39 is 0 Å². The molecule has 106 valence electrons. The second-order valence-corrected chi connectivity index (χ2v) is 6.64. The van der Waals surface area contributed by atoms with Crippen molar-refractivity contribution in [2.24, 2.45) is 0 Å². The van der Waals surface area contributed by atoms with Gasteiger partial charge in [0.2, 0.25) is 5.91 Å². The Labute approximate surface area is 122 Å². The normalized spacial score (nSPS) is 17.4. The molecule has 0 saturated heterocycles. The van der Waals surface area contributed by atoms with Crippen LogP contribution in [0.4, 0.5) is 0 Å². The monoisotopic (exact) mass is 289 g/mol. The van der Waals surface area contributed by atoms with Crippen molar-refractivity contribution >= 4 is 28.7 Å². The van der Waals surface area contributed by atoms with Crippen molar-refractivity contribution in [1.82, 2.24) is 15.3 Å². The second kappa shape index (κ2) is 5.87. The first-order chi connectivity index (χ1) is 9.72. The molecule has 0 aliphatic heterocycles. The number of thioether (sulfide) groups is 1. The molecule has 1 saturated carbocycles. The lowest BCUT2D eigenvalue weighted by molar-refractivity contribution is -0.120. The summed E-state index contributed by atoms with van der Waals surface area (Å²) in [6.45, 7) is 1.93. The number of carbonyl (C=O) groups is 1. The number of aromatic nitrogens is 2. The molecule has 5 heteroatoms. The number of nitrogens with zero attached hydrogens (tertiary/aromatic N) is 1. The van der Waals surface area contributed by atoms with Crippen molar-refractivity contribution in [2.75, 3.05) is 0 Å². The lowest BCUT2D eigenvalue weighted by Crippen LogP contribution is -2.37. The number of hydrogen-bond donors (Lipinski definition) is 2. The highest BCUT2D eigenvalue weighted by Crippen LogP contribution is 2.24. The maximum Gasteiger partial charge on any atom is 0.233 e. The van der Waals surface area contributed by atoms with E-state index in [1.807, 2.05) is 31.2 Å². The number of H-pyrrole nitrogens is 1. The van der Waals surface area contributed by atoms with Crippen LogP contribution in [-0.4, -0.2) is 27.2 Å². The van der Waals surface area contributed by atoms with E-state index in [4.69, 9.17) is 0 Å². The zero-order chi connectivity index (χ0) is 13.9. The van der Waals surface area contributed by atoms with E-state index in [0.717, 1.165) is 29.0 Å². The van der Waals surface area contributed by atoms with Crippen molar-refractivity contribution in [3.63, 3.8) is 0 Å². The van der Waals surface area contributed by atoms with Crippen LogP contribution in [0.25, 0.3) is 11.0 Å². The SMILES string of the molecule is CC(Sc1nc2ccccc2[nH]1)C(=O)NC1CCCC1. The molecule has 1 aliphatic carbocycles. The fraction of sp³-hybridized carbons (Fsp3) is 0.467. The summed E-state index contributed by atoms with van der Waals surface area (Å²) in [6, 6.07) is 8.29. The highest BCUT2D eigenvalue weighted by molar-refractivity contribution is 8.00. The molecule has 1 amide bonds. The Morgan fingerprint density at radius 2 is 2.15 bits per heavy atom. The Bertz CT molecular complexity index is 571. The van der Waals surface area contributed by atoms with Gasteiger partial charge >= 0.3 is 0 Å². The van der Waals surface area contributed by atoms with Gasteiger partial charge in [-0.1, -0.05) is 36.7 Å². The van der Waals surface area contributed by atoms with Crippen molar-refractivity contribution in [2.45, 2.75) is 49.1 Å². The van der Waals surface area contributed by atoms with E-state index in [0.29, 0.717) is 6.04 Å². The lowest BCUT2D eigenvalue weighted by Gasteiger charge is -2.15. The van der Waals surface area contributed by atoms with Crippen LogP contribution in [0, 0.1) is 0 Å². The summed E-state index contributed by atoms with van der Waals surface area (Å²) in [4.78, 5) is 19.9. The van der Waals surface area contributed by atoms with E-state index in [1.165, 1.54) is 24.6 Å². The van der Waals surface area contributed by atoms with Gasteiger partial charge in [-0.25, -0.2) is 4.98 Å². The smallest absolute Gasteiger partial charge is 0.233 e. The highest BCUT2D eigenvalue weighted by atomic mass is 32.2. The number of carbonyl (C=O) groups excluding carboxylic acids is 1. The van der Waals surface area contributed by atoms with Crippen molar-refractivity contribution in [1.29, 1.82) is 0 Å². The summed E-state index contributed by atoms with van der Waals surface area (Å²) in [5.41, 5.74) is 1.96. The molecular weight excluding hydrogens is 270 g/mol.